The summed E-state index contributed by atoms with van der Waals surface area (Å²) in [5, 5.41) is 12.1. The maximum absolute atomic E-state index is 10.6. The van der Waals surface area contributed by atoms with Crippen molar-refractivity contribution in [3.8, 4) is 0 Å². The van der Waals surface area contributed by atoms with Gasteiger partial charge in [0.15, 0.2) is 0 Å². The first-order chi connectivity index (χ1) is 8.15. The average Bonchev–Trinajstić information content (AvgIpc) is 2.71. The van der Waals surface area contributed by atoms with Crippen molar-refractivity contribution >= 4 is 17.3 Å². The van der Waals surface area contributed by atoms with Crippen molar-refractivity contribution in [2.24, 2.45) is 5.92 Å². The minimum Gasteiger partial charge on any atom is -0.481 e. The van der Waals surface area contributed by atoms with Gasteiger partial charge in [0.2, 0.25) is 0 Å². The van der Waals surface area contributed by atoms with E-state index in [1.807, 2.05) is 12.1 Å². The number of hydrogen-bond donors (Lipinski definition) is 2. The number of rotatable bonds is 8. The van der Waals surface area contributed by atoms with Crippen LogP contribution in [0.5, 0.6) is 0 Å². The standard InChI is InChI=1S/C13H21NO2S/c1-3-10(4-2)8-14-9-12-6-5-11(17-12)7-13(15)16/h5-6,10,14H,3-4,7-9H2,1-2H3,(H,15,16). The van der Waals surface area contributed by atoms with Crippen molar-refractivity contribution in [1.82, 2.24) is 5.32 Å². The van der Waals surface area contributed by atoms with E-state index >= 15 is 0 Å². The molecule has 1 aromatic rings. The van der Waals surface area contributed by atoms with Crippen molar-refractivity contribution < 1.29 is 9.90 Å². The molecule has 4 heteroatoms. The molecule has 17 heavy (non-hydrogen) atoms. The van der Waals surface area contributed by atoms with E-state index in [1.165, 1.54) is 17.7 Å². The topological polar surface area (TPSA) is 49.3 Å². The summed E-state index contributed by atoms with van der Waals surface area (Å²) in [6, 6.07) is 3.93. The molecule has 0 fully saturated rings. The minimum atomic E-state index is -0.761. The predicted molar refractivity (Wildman–Crippen MR) is 71.4 cm³/mol. The molecular formula is C13H21NO2S. The van der Waals surface area contributed by atoms with E-state index in [0.717, 1.165) is 23.9 Å². The van der Waals surface area contributed by atoms with Crippen LogP contribution < -0.4 is 5.32 Å². The van der Waals surface area contributed by atoms with Crippen LogP contribution in [0.1, 0.15) is 36.4 Å². The Morgan fingerprint density at radius 1 is 1.35 bits per heavy atom. The zero-order valence-corrected chi connectivity index (χ0v) is 11.3. The number of thiophene rings is 1. The van der Waals surface area contributed by atoms with E-state index < -0.39 is 5.97 Å². The highest BCUT2D eigenvalue weighted by molar-refractivity contribution is 7.12. The van der Waals surface area contributed by atoms with E-state index in [-0.39, 0.29) is 6.42 Å². The fraction of sp³-hybridized carbons (Fsp3) is 0.615. The molecule has 0 saturated carbocycles. The van der Waals surface area contributed by atoms with Crippen molar-refractivity contribution in [3.63, 3.8) is 0 Å². The lowest BCUT2D eigenvalue weighted by molar-refractivity contribution is -0.136. The Kier molecular flexibility index (Phi) is 6.22. The Morgan fingerprint density at radius 3 is 2.59 bits per heavy atom. The minimum absolute atomic E-state index is 0.136. The van der Waals surface area contributed by atoms with Gasteiger partial charge in [-0.1, -0.05) is 26.7 Å². The van der Waals surface area contributed by atoms with E-state index in [0.29, 0.717) is 0 Å². The fourth-order valence-corrected chi connectivity index (χ4v) is 2.72. The normalized spacial score (nSPS) is 11.0. The summed E-state index contributed by atoms with van der Waals surface area (Å²) < 4.78 is 0. The first-order valence-corrected chi connectivity index (χ1v) is 6.97. The van der Waals surface area contributed by atoms with Gasteiger partial charge >= 0.3 is 5.97 Å². The van der Waals surface area contributed by atoms with Crippen LogP contribution in [0, 0.1) is 5.92 Å². The first kappa shape index (κ1) is 14.2. The molecule has 0 spiro atoms. The molecule has 0 unspecified atom stereocenters. The molecular weight excluding hydrogens is 234 g/mol. The molecule has 0 aromatic carbocycles. The number of aliphatic carboxylic acids is 1. The van der Waals surface area contributed by atoms with Gasteiger partial charge in [-0.25, -0.2) is 0 Å². The van der Waals surface area contributed by atoms with Crippen LogP contribution in [0.3, 0.4) is 0 Å². The molecule has 0 aliphatic rings. The highest BCUT2D eigenvalue weighted by atomic mass is 32.1. The lowest BCUT2D eigenvalue weighted by Gasteiger charge is -2.12. The number of hydrogen-bond acceptors (Lipinski definition) is 3. The SMILES string of the molecule is CCC(CC)CNCc1ccc(CC(=O)O)s1. The monoisotopic (exact) mass is 255 g/mol. The van der Waals surface area contributed by atoms with Gasteiger partial charge in [0.05, 0.1) is 6.42 Å². The highest BCUT2D eigenvalue weighted by Crippen LogP contribution is 2.17. The molecule has 0 aliphatic carbocycles. The smallest absolute Gasteiger partial charge is 0.308 e. The van der Waals surface area contributed by atoms with Gasteiger partial charge in [-0.15, -0.1) is 11.3 Å². The zero-order chi connectivity index (χ0) is 12.7. The molecule has 3 nitrogen and oxygen atoms in total. The van der Waals surface area contributed by atoms with E-state index in [9.17, 15) is 4.79 Å². The second-order valence-corrected chi connectivity index (χ2v) is 5.50. The summed E-state index contributed by atoms with van der Waals surface area (Å²) in [5.74, 6) is -0.0168. The van der Waals surface area contributed by atoms with Crippen LogP contribution in [0.25, 0.3) is 0 Å². The largest absolute Gasteiger partial charge is 0.481 e. The molecule has 0 aliphatic heterocycles. The zero-order valence-electron chi connectivity index (χ0n) is 10.5. The first-order valence-electron chi connectivity index (χ1n) is 6.15. The molecule has 0 radical (unpaired) electrons. The third-order valence-corrected chi connectivity index (χ3v) is 4.01. The Hall–Kier alpha value is -0.870. The third-order valence-electron chi connectivity index (χ3n) is 2.93. The second-order valence-electron chi connectivity index (χ2n) is 4.25. The van der Waals surface area contributed by atoms with E-state index in [2.05, 4.69) is 19.2 Å². The summed E-state index contributed by atoms with van der Waals surface area (Å²) in [4.78, 5) is 12.7. The Bertz CT molecular complexity index is 345. The van der Waals surface area contributed by atoms with Gasteiger partial charge in [0.25, 0.3) is 0 Å². The van der Waals surface area contributed by atoms with Crippen molar-refractivity contribution in [1.29, 1.82) is 0 Å². The van der Waals surface area contributed by atoms with Gasteiger partial charge in [-0.05, 0) is 24.6 Å². The van der Waals surface area contributed by atoms with E-state index in [1.54, 1.807) is 11.3 Å². The number of carbonyl (C=O) groups is 1. The van der Waals surface area contributed by atoms with Crippen molar-refractivity contribution in [3.05, 3.63) is 21.9 Å². The number of nitrogens with one attached hydrogen (secondary N) is 1. The molecule has 0 saturated heterocycles. The highest BCUT2D eigenvalue weighted by Gasteiger charge is 2.06. The summed E-state index contributed by atoms with van der Waals surface area (Å²) in [6.07, 6.45) is 2.55. The maximum atomic E-state index is 10.6. The Morgan fingerprint density at radius 2 is 2.00 bits per heavy atom. The predicted octanol–water partition coefficient (Wildman–Crippen LogP) is 2.90. The molecule has 1 heterocycles. The molecule has 96 valence electrons. The second kappa shape index (κ2) is 7.45. The summed E-state index contributed by atoms with van der Waals surface area (Å²) in [6.45, 7) is 6.32. The van der Waals surface area contributed by atoms with Gasteiger partial charge in [0, 0.05) is 16.3 Å². The van der Waals surface area contributed by atoms with Crippen molar-refractivity contribution in [2.75, 3.05) is 6.54 Å². The number of carboxylic acids is 1. The van der Waals surface area contributed by atoms with Crippen molar-refractivity contribution in [2.45, 2.75) is 39.7 Å². The lowest BCUT2D eigenvalue weighted by Crippen LogP contribution is -2.21. The lowest BCUT2D eigenvalue weighted by atomic mass is 10.0. The van der Waals surface area contributed by atoms with Crippen LogP contribution in [0.15, 0.2) is 12.1 Å². The van der Waals surface area contributed by atoms with E-state index in [4.69, 9.17) is 5.11 Å². The molecule has 1 aromatic heterocycles. The Balaban J connectivity index is 2.32. The van der Waals surface area contributed by atoms with Crippen LogP contribution in [0.4, 0.5) is 0 Å². The molecule has 1 rings (SSSR count). The van der Waals surface area contributed by atoms with Crippen LogP contribution >= 0.6 is 11.3 Å². The molecule has 0 bridgehead atoms. The van der Waals surface area contributed by atoms with Crippen LogP contribution in [-0.2, 0) is 17.8 Å². The van der Waals surface area contributed by atoms with Gasteiger partial charge in [-0.3, -0.25) is 4.79 Å². The van der Waals surface area contributed by atoms with Gasteiger partial charge in [-0.2, -0.15) is 0 Å². The summed E-state index contributed by atoms with van der Waals surface area (Å²) in [7, 11) is 0. The summed E-state index contributed by atoms with van der Waals surface area (Å²) in [5.41, 5.74) is 0. The molecule has 0 amide bonds. The molecule has 2 N–H and O–H groups in total. The van der Waals surface area contributed by atoms with Gasteiger partial charge in [0.1, 0.15) is 0 Å². The van der Waals surface area contributed by atoms with Crippen LogP contribution in [-0.4, -0.2) is 17.6 Å². The fourth-order valence-electron chi connectivity index (χ4n) is 1.74. The van der Waals surface area contributed by atoms with Crippen LogP contribution in [0.2, 0.25) is 0 Å². The number of carboxylic acid groups (broad SMARTS) is 1. The Labute approximate surface area is 107 Å². The van der Waals surface area contributed by atoms with Gasteiger partial charge < -0.3 is 10.4 Å². The maximum Gasteiger partial charge on any atom is 0.308 e. The average molecular weight is 255 g/mol. The third kappa shape index (κ3) is 5.33. The molecule has 0 atom stereocenters. The summed E-state index contributed by atoms with van der Waals surface area (Å²) >= 11 is 1.58. The quantitative estimate of drug-likeness (QED) is 0.751.